The molecule has 23 heavy (non-hydrogen) atoms. The Bertz CT molecular complexity index is 633. The van der Waals surface area contributed by atoms with Crippen LogP contribution in [0.2, 0.25) is 0 Å². The maximum atomic E-state index is 12.2. The van der Waals surface area contributed by atoms with Gasteiger partial charge in [0, 0.05) is 11.8 Å². The monoisotopic (exact) mass is 355 g/mol. The number of hydrogen-bond acceptors (Lipinski definition) is 5. The fraction of sp³-hybridized carbons (Fsp3) is 0.375. The zero-order chi connectivity index (χ0) is 15.9. The number of nitrogens with two attached hydrogens (primary N) is 1. The topological polar surface area (TPSA) is 77.2 Å². The fourth-order valence-corrected chi connectivity index (χ4v) is 2.84. The van der Waals surface area contributed by atoms with Gasteiger partial charge in [-0.25, -0.2) is 4.98 Å². The Kier molecular flexibility index (Phi) is 8.02. The van der Waals surface area contributed by atoms with E-state index >= 15 is 0 Å². The van der Waals surface area contributed by atoms with Crippen LogP contribution < -0.4 is 15.8 Å². The molecule has 3 N–H and O–H groups in total. The van der Waals surface area contributed by atoms with E-state index in [-0.39, 0.29) is 24.4 Å². The first-order valence-electron chi connectivity index (χ1n) is 7.32. The molecule has 1 heterocycles. The molecule has 0 aliphatic carbocycles. The molecule has 0 bridgehead atoms. The third kappa shape index (κ3) is 5.49. The van der Waals surface area contributed by atoms with Gasteiger partial charge >= 0.3 is 0 Å². The van der Waals surface area contributed by atoms with Gasteiger partial charge in [-0.15, -0.1) is 23.7 Å². The molecule has 0 radical (unpaired) electrons. The molecule has 0 spiro atoms. The second kappa shape index (κ2) is 9.50. The average Bonchev–Trinajstić information content (AvgIpc) is 2.97. The van der Waals surface area contributed by atoms with Crippen LogP contribution >= 0.6 is 23.7 Å². The van der Waals surface area contributed by atoms with Crippen molar-refractivity contribution in [2.24, 2.45) is 5.73 Å². The van der Waals surface area contributed by atoms with Gasteiger partial charge in [-0.05, 0) is 38.1 Å². The number of amides is 1. The molecule has 126 valence electrons. The minimum atomic E-state index is -0.172. The van der Waals surface area contributed by atoms with Crippen LogP contribution in [0.5, 0.6) is 5.75 Å². The molecular weight excluding hydrogens is 334 g/mol. The highest BCUT2D eigenvalue weighted by molar-refractivity contribution is 7.09. The van der Waals surface area contributed by atoms with Crippen LogP contribution in [-0.4, -0.2) is 24.0 Å². The van der Waals surface area contributed by atoms with Crippen molar-refractivity contribution in [1.29, 1.82) is 0 Å². The maximum Gasteiger partial charge on any atom is 0.271 e. The second-order valence-corrected chi connectivity index (χ2v) is 5.81. The Morgan fingerprint density at radius 2 is 2.26 bits per heavy atom. The van der Waals surface area contributed by atoms with E-state index in [2.05, 4.69) is 10.3 Å². The van der Waals surface area contributed by atoms with E-state index in [0.717, 1.165) is 16.3 Å². The van der Waals surface area contributed by atoms with Crippen molar-refractivity contribution in [2.75, 3.05) is 13.2 Å². The Hall–Kier alpha value is -1.63. The minimum Gasteiger partial charge on any atom is -0.494 e. The zero-order valence-corrected chi connectivity index (χ0v) is 14.9. The van der Waals surface area contributed by atoms with Crippen molar-refractivity contribution >= 4 is 29.7 Å². The number of carbonyl (C=O) groups is 1. The number of nitrogens with one attached hydrogen (secondary N) is 1. The lowest BCUT2D eigenvalue weighted by atomic mass is 10.1. The van der Waals surface area contributed by atoms with Gasteiger partial charge in [-0.3, -0.25) is 4.79 Å². The Balaban J connectivity index is 0.00000264. The minimum absolute atomic E-state index is 0. The summed E-state index contributed by atoms with van der Waals surface area (Å²) in [5.41, 5.74) is 6.94. The summed E-state index contributed by atoms with van der Waals surface area (Å²) in [6.07, 6.45) is 0.698. The summed E-state index contributed by atoms with van der Waals surface area (Å²) in [5.74, 6) is 0.633. The van der Waals surface area contributed by atoms with Gasteiger partial charge in [0.05, 0.1) is 17.7 Å². The summed E-state index contributed by atoms with van der Waals surface area (Å²) < 4.78 is 5.48. The number of hydrogen-bond donors (Lipinski definition) is 2. The Labute approximate surface area is 146 Å². The van der Waals surface area contributed by atoms with Gasteiger partial charge < -0.3 is 15.8 Å². The SMILES string of the molecule is CCOc1cccc(C(C)NC(=O)c2csc(CCN)n2)c1.Cl. The summed E-state index contributed by atoms with van der Waals surface area (Å²) in [6, 6.07) is 7.61. The number of nitrogens with zero attached hydrogens (tertiary/aromatic N) is 1. The summed E-state index contributed by atoms with van der Waals surface area (Å²) in [7, 11) is 0. The molecule has 0 aliphatic heterocycles. The van der Waals surface area contributed by atoms with E-state index in [1.165, 1.54) is 11.3 Å². The molecule has 1 atom stereocenters. The van der Waals surface area contributed by atoms with Crippen molar-refractivity contribution in [2.45, 2.75) is 26.3 Å². The molecule has 0 fully saturated rings. The third-order valence-corrected chi connectivity index (χ3v) is 4.07. The normalized spacial score (nSPS) is 11.4. The van der Waals surface area contributed by atoms with Gasteiger partial charge in [0.2, 0.25) is 0 Å². The summed E-state index contributed by atoms with van der Waals surface area (Å²) in [4.78, 5) is 16.5. The first-order chi connectivity index (χ1) is 10.6. The smallest absolute Gasteiger partial charge is 0.271 e. The van der Waals surface area contributed by atoms with Crippen LogP contribution in [0.15, 0.2) is 29.6 Å². The zero-order valence-electron chi connectivity index (χ0n) is 13.2. The molecule has 2 aromatic rings. The van der Waals surface area contributed by atoms with Crippen LogP contribution in [0.25, 0.3) is 0 Å². The maximum absolute atomic E-state index is 12.2. The molecule has 5 nitrogen and oxygen atoms in total. The van der Waals surface area contributed by atoms with Crippen LogP contribution in [0.3, 0.4) is 0 Å². The largest absolute Gasteiger partial charge is 0.494 e. The lowest BCUT2D eigenvalue weighted by Gasteiger charge is -2.14. The van der Waals surface area contributed by atoms with Gasteiger partial charge in [-0.2, -0.15) is 0 Å². The van der Waals surface area contributed by atoms with Gasteiger partial charge in [0.15, 0.2) is 0 Å². The molecule has 0 aliphatic rings. The molecule has 1 aromatic carbocycles. The fourth-order valence-electron chi connectivity index (χ4n) is 2.05. The van der Waals surface area contributed by atoms with Crippen molar-refractivity contribution in [3.8, 4) is 5.75 Å². The highest BCUT2D eigenvalue weighted by Crippen LogP contribution is 2.20. The van der Waals surface area contributed by atoms with E-state index < -0.39 is 0 Å². The quantitative estimate of drug-likeness (QED) is 0.800. The van der Waals surface area contributed by atoms with Crippen molar-refractivity contribution in [3.63, 3.8) is 0 Å². The van der Waals surface area contributed by atoms with Crippen LogP contribution in [0, 0.1) is 0 Å². The number of aromatic nitrogens is 1. The van der Waals surface area contributed by atoms with Gasteiger partial charge in [0.1, 0.15) is 11.4 Å². The molecule has 7 heteroatoms. The molecule has 2 rings (SSSR count). The molecule has 0 saturated carbocycles. The van der Waals surface area contributed by atoms with E-state index in [9.17, 15) is 4.79 Å². The summed E-state index contributed by atoms with van der Waals surface area (Å²) in [6.45, 7) is 5.04. The van der Waals surface area contributed by atoms with Crippen LogP contribution in [-0.2, 0) is 6.42 Å². The van der Waals surface area contributed by atoms with E-state index in [1.807, 2.05) is 38.1 Å². The first kappa shape index (κ1) is 19.4. The van der Waals surface area contributed by atoms with E-state index in [4.69, 9.17) is 10.5 Å². The number of rotatable bonds is 7. The van der Waals surface area contributed by atoms with Crippen LogP contribution in [0.4, 0.5) is 0 Å². The lowest BCUT2D eigenvalue weighted by molar-refractivity contribution is 0.0935. The third-order valence-electron chi connectivity index (χ3n) is 3.16. The average molecular weight is 356 g/mol. The Morgan fingerprint density at radius 3 is 2.96 bits per heavy atom. The standard InChI is InChI=1S/C16H21N3O2S.ClH/c1-3-21-13-6-4-5-12(9-13)11(2)18-16(20)14-10-22-15(19-14)7-8-17;/h4-6,9-11H,3,7-8,17H2,1-2H3,(H,18,20);1H. The first-order valence-corrected chi connectivity index (χ1v) is 8.20. The Morgan fingerprint density at radius 1 is 1.48 bits per heavy atom. The number of carbonyl (C=O) groups excluding carboxylic acids is 1. The molecule has 1 aromatic heterocycles. The van der Waals surface area contributed by atoms with E-state index in [1.54, 1.807) is 5.38 Å². The highest BCUT2D eigenvalue weighted by atomic mass is 35.5. The van der Waals surface area contributed by atoms with Crippen molar-refractivity contribution in [1.82, 2.24) is 10.3 Å². The van der Waals surface area contributed by atoms with E-state index in [0.29, 0.717) is 25.3 Å². The molecule has 1 amide bonds. The second-order valence-electron chi connectivity index (χ2n) is 4.87. The number of benzene rings is 1. The molecule has 0 saturated heterocycles. The lowest BCUT2D eigenvalue weighted by Crippen LogP contribution is -2.27. The highest BCUT2D eigenvalue weighted by Gasteiger charge is 2.14. The molecule has 1 unspecified atom stereocenters. The predicted molar refractivity (Wildman–Crippen MR) is 95.6 cm³/mol. The number of ether oxygens (including phenoxy) is 1. The summed E-state index contributed by atoms with van der Waals surface area (Å²) in [5, 5.41) is 5.61. The van der Waals surface area contributed by atoms with Crippen molar-refractivity contribution in [3.05, 3.63) is 45.9 Å². The van der Waals surface area contributed by atoms with Crippen LogP contribution in [0.1, 0.15) is 40.9 Å². The van der Waals surface area contributed by atoms with Crippen molar-refractivity contribution < 1.29 is 9.53 Å². The predicted octanol–water partition coefficient (Wildman–Crippen LogP) is 2.96. The number of thiazole rings is 1. The number of halogens is 1. The van der Waals surface area contributed by atoms with Gasteiger partial charge in [-0.1, -0.05) is 12.1 Å². The summed E-state index contributed by atoms with van der Waals surface area (Å²) >= 11 is 1.46. The van der Waals surface area contributed by atoms with Gasteiger partial charge in [0.25, 0.3) is 5.91 Å². The molecular formula is C16H22ClN3O2S.